The van der Waals surface area contributed by atoms with Crippen molar-refractivity contribution in [2.45, 2.75) is 13.3 Å². The standard InChI is InChI=1S/C15H16FN3O3/c1-9-4-11(14(20)21)8-19(7-9)15(22)18-13-3-2-12(16)5-10(13)6-17/h2-3,5,9,11H,4,7-8H2,1H3,(H,18,22)(H,20,21). The van der Waals surface area contributed by atoms with Crippen LogP contribution >= 0.6 is 0 Å². The maximum absolute atomic E-state index is 13.1. The second-order valence-electron chi connectivity index (χ2n) is 5.51. The fraction of sp³-hybridized carbons (Fsp3) is 0.400. The van der Waals surface area contributed by atoms with Gasteiger partial charge in [-0.25, -0.2) is 9.18 Å². The number of carbonyl (C=O) groups is 2. The summed E-state index contributed by atoms with van der Waals surface area (Å²) in [6, 6.07) is 4.83. The fourth-order valence-electron chi connectivity index (χ4n) is 2.61. The van der Waals surface area contributed by atoms with Gasteiger partial charge in [0.05, 0.1) is 17.2 Å². The van der Waals surface area contributed by atoms with Gasteiger partial charge >= 0.3 is 12.0 Å². The smallest absolute Gasteiger partial charge is 0.321 e. The predicted molar refractivity (Wildman–Crippen MR) is 76.6 cm³/mol. The Kier molecular flexibility index (Phi) is 4.61. The number of piperidine rings is 1. The van der Waals surface area contributed by atoms with Crippen molar-refractivity contribution in [1.29, 1.82) is 5.26 Å². The van der Waals surface area contributed by atoms with E-state index in [1.807, 2.05) is 13.0 Å². The van der Waals surface area contributed by atoms with Crippen LogP contribution in [0.25, 0.3) is 0 Å². The molecule has 1 fully saturated rings. The summed E-state index contributed by atoms with van der Waals surface area (Å²) in [7, 11) is 0. The van der Waals surface area contributed by atoms with Crippen LogP contribution in [0.2, 0.25) is 0 Å². The van der Waals surface area contributed by atoms with Crippen molar-refractivity contribution in [2.24, 2.45) is 11.8 Å². The number of carboxylic acids is 1. The molecule has 0 bridgehead atoms. The minimum absolute atomic E-state index is 0.0215. The maximum atomic E-state index is 13.1. The number of hydrogen-bond donors (Lipinski definition) is 2. The Hall–Kier alpha value is -2.62. The molecule has 2 amide bonds. The number of benzene rings is 1. The summed E-state index contributed by atoms with van der Waals surface area (Å²) in [5.41, 5.74) is 0.229. The van der Waals surface area contributed by atoms with Crippen LogP contribution in [0.3, 0.4) is 0 Å². The second-order valence-corrected chi connectivity index (χ2v) is 5.51. The van der Waals surface area contributed by atoms with Crippen LogP contribution < -0.4 is 5.32 Å². The lowest BCUT2D eigenvalue weighted by Crippen LogP contribution is -2.47. The molecule has 6 nitrogen and oxygen atoms in total. The van der Waals surface area contributed by atoms with Crippen molar-refractivity contribution >= 4 is 17.7 Å². The van der Waals surface area contributed by atoms with Gasteiger partial charge < -0.3 is 15.3 Å². The summed E-state index contributed by atoms with van der Waals surface area (Å²) in [5.74, 6) is -2.02. The minimum atomic E-state index is -0.927. The van der Waals surface area contributed by atoms with Crippen molar-refractivity contribution < 1.29 is 19.1 Å². The molecule has 2 atom stereocenters. The second kappa shape index (κ2) is 6.43. The Bertz CT molecular complexity index is 641. The molecule has 0 aliphatic carbocycles. The highest BCUT2D eigenvalue weighted by Gasteiger charge is 2.32. The number of rotatable bonds is 2. The van der Waals surface area contributed by atoms with E-state index in [1.165, 1.54) is 11.0 Å². The van der Waals surface area contributed by atoms with E-state index in [0.717, 1.165) is 12.1 Å². The summed E-state index contributed by atoms with van der Waals surface area (Å²) in [4.78, 5) is 24.8. The van der Waals surface area contributed by atoms with E-state index in [1.54, 1.807) is 0 Å². The number of nitrogens with one attached hydrogen (secondary N) is 1. The van der Waals surface area contributed by atoms with Crippen molar-refractivity contribution in [3.8, 4) is 6.07 Å². The Labute approximate surface area is 127 Å². The first-order chi connectivity index (χ1) is 10.4. The molecule has 2 N–H and O–H groups in total. The number of carboxylic acid groups (broad SMARTS) is 1. The van der Waals surface area contributed by atoms with Gasteiger partial charge in [-0.1, -0.05) is 6.92 Å². The molecule has 0 aromatic heterocycles. The van der Waals surface area contributed by atoms with E-state index in [0.29, 0.717) is 13.0 Å². The van der Waals surface area contributed by atoms with Crippen LogP contribution in [0.15, 0.2) is 18.2 Å². The van der Waals surface area contributed by atoms with Crippen LogP contribution in [0.5, 0.6) is 0 Å². The quantitative estimate of drug-likeness (QED) is 0.876. The van der Waals surface area contributed by atoms with Crippen LogP contribution in [-0.4, -0.2) is 35.1 Å². The third-order valence-electron chi connectivity index (χ3n) is 3.64. The van der Waals surface area contributed by atoms with E-state index in [-0.39, 0.29) is 23.7 Å². The van der Waals surface area contributed by atoms with Gasteiger partial charge in [-0.2, -0.15) is 5.26 Å². The average molecular weight is 305 g/mol. The van der Waals surface area contributed by atoms with E-state index in [9.17, 15) is 14.0 Å². The summed E-state index contributed by atoms with van der Waals surface area (Å²) in [6.45, 7) is 2.45. The Morgan fingerprint density at radius 3 is 2.82 bits per heavy atom. The van der Waals surface area contributed by atoms with Crippen LogP contribution in [-0.2, 0) is 4.79 Å². The number of likely N-dealkylation sites (tertiary alicyclic amines) is 1. The number of urea groups is 1. The molecule has 1 heterocycles. The molecule has 2 rings (SSSR count). The lowest BCUT2D eigenvalue weighted by molar-refractivity contribution is -0.143. The SMILES string of the molecule is CC1CC(C(=O)O)CN(C(=O)Nc2ccc(F)cc2C#N)C1. The molecule has 1 saturated heterocycles. The largest absolute Gasteiger partial charge is 0.481 e. The zero-order valence-electron chi connectivity index (χ0n) is 12.0. The molecule has 116 valence electrons. The predicted octanol–water partition coefficient (Wildman–Crippen LogP) is 2.27. The number of nitrogens with zero attached hydrogens (tertiary/aromatic N) is 2. The first-order valence-electron chi connectivity index (χ1n) is 6.89. The third kappa shape index (κ3) is 3.52. The fourth-order valence-corrected chi connectivity index (χ4v) is 2.61. The van der Waals surface area contributed by atoms with E-state index in [4.69, 9.17) is 10.4 Å². The number of aliphatic carboxylic acids is 1. The highest BCUT2D eigenvalue weighted by atomic mass is 19.1. The van der Waals surface area contributed by atoms with Crippen molar-refractivity contribution in [3.05, 3.63) is 29.6 Å². The van der Waals surface area contributed by atoms with Gasteiger partial charge in [-0.3, -0.25) is 4.79 Å². The van der Waals surface area contributed by atoms with Gasteiger partial charge in [0.15, 0.2) is 0 Å². The highest BCUT2D eigenvalue weighted by molar-refractivity contribution is 5.91. The van der Waals surface area contributed by atoms with Gasteiger partial charge in [0.25, 0.3) is 0 Å². The maximum Gasteiger partial charge on any atom is 0.321 e. The minimum Gasteiger partial charge on any atom is -0.481 e. The molecule has 1 aliphatic rings. The summed E-state index contributed by atoms with van der Waals surface area (Å²) in [6.07, 6.45) is 0.527. The van der Waals surface area contributed by atoms with Crippen molar-refractivity contribution in [1.82, 2.24) is 4.90 Å². The van der Waals surface area contributed by atoms with E-state index >= 15 is 0 Å². The van der Waals surface area contributed by atoms with E-state index in [2.05, 4.69) is 5.32 Å². The molecule has 22 heavy (non-hydrogen) atoms. The number of nitriles is 1. The molecule has 1 aromatic rings. The molecule has 2 unspecified atom stereocenters. The molecule has 1 aromatic carbocycles. The van der Waals surface area contributed by atoms with Crippen molar-refractivity contribution in [2.75, 3.05) is 18.4 Å². The summed E-state index contributed by atoms with van der Waals surface area (Å²) >= 11 is 0. The first-order valence-corrected chi connectivity index (χ1v) is 6.89. The van der Waals surface area contributed by atoms with Gasteiger partial charge in [0, 0.05) is 13.1 Å². The number of hydrogen-bond acceptors (Lipinski definition) is 3. The summed E-state index contributed by atoms with van der Waals surface area (Å²) in [5, 5.41) is 20.6. The lowest BCUT2D eigenvalue weighted by atomic mass is 9.91. The Morgan fingerprint density at radius 2 is 2.18 bits per heavy atom. The monoisotopic (exact) mass is 305 g/mol. The average Bonchev–Trinajstić information content (AvgIpc) is 2.48. The highest BCUT2D eigenvalue weighted by Crippen LogP contribution is 2.23. The Balaban J connectivity index is 2.12. The first kappa shape index (κ1) is 15.8. The number of halogens is 1. The van der Waals surface area contributed by atoms with Crippen molar-refractivity contribution in [3.63, 3.8) is 0 Å². The molecular formula is C15H16FN3O3. The summed E-state index contributed by atoms with van der Waals surface area (Å²) < 4.78 is 13.1. The zero-order chi connectivity index (χ0) is 16.3. The van der Waals surface area contributed by atoms with Gasteiger partial charge in [0.2, 0.25) is 0 Å². The molecule has 1 aliphatic heterocycles. The molecule has 7 heteroatoms. The van der Waals surface area contributed by atoms with Gasteiger partial charge in [-0.05, 0) is 30.5 Å². The molecule has 0 spiro atoms. The van der Waals surface area contributed by atoms with Crippen LogP contribution in [0.1, 0.15) is 18.9 Å². The zero-order valence-corrected chi connectivity index (χ0v) is 12.0. The van der Waals surface area contributed by atoms with Gasteiger partial charge in [0.1, 0.15) is 11.9 Å². The normalized spacial score (nSPS) is 21.0. The lowest BCUT2D eigenvalue weighted by Gasteiger charge is -2.34. The van der Waals surface area contributed by atoms with Crippen LogP contribution in [0, 0.1) is 29.0 Å². The van der Waals surface area contributed by atoms with E-state index < -0.39 is 23.7 Å². The number of carbonyl (C=O) groups excluding carboxylic acids is 1. The molecular weight excluding hydrogens is 289 g/mol. The Morgan fingerprint density at radius 1 is 1.45 bits per heavy atom. The third-order valence-corrected chi connectivity index (χ3v) is 3.64. The number of amides is 2. The topological polar surface area (TPSA) is 93.4 Å². The van der Waals surface area contributed by atoms with Gasteiger partial charge in [-0.15, -0.1) is 0 Å². The molecule has 0 saturated carbocycles. The molecule has 0 radical (unpaired) electrons. The number of anilines is 1. The van der Waals surface area contributed by atoms with Crippen LogP contribution in [0.4, 0.5) is 14.9 Å².